The summed E-state index contributed by atoms with van der Waals surface area (Å²) < 4.78 is 6.71. The first-order valence-electron chi connectivity index (χ1n) is 6.37. The lowest BCUT2D eigenvalue weighted by Gasteiger charge is -2.13. The SMILES string of the molecule is COCCCn1c(-c2ccc(Cl)cc2)ccc(N)c1=O. The van der Waals surface area contributed by atoms with Crippen LogP contribution in [0.15, 0.2) is 41.2 Å². The second kappa shape index (κ2) is 6.59. The molecule has 0 spiro atoms. The monoisotopic (exact) mass is 292 g/mol. The van der Waals surface area contributed by atoms with E-state index in [0.717, 1.165) is 17.7 Å². The Morgan fingerprint density at radius 1 is 1.20 bits per heavy atom. The molecule has 106 valence electrons. The smallest absolute Gasteiger partial charge is 0.274 e. The van der Waals surface area contributed by atoms with Crippen molar-refractivity contribution in [1.82, 2.24) is 4.57 Å². The summed E-state index contributed by atoms with van der Waals surface area (Å²) in [6, 6.07) is 10.9. The van der Waals surface area contributed by atoms with E-state index in [0.29, 0.717) is 18.2 Å². The highest BCUT2D eigenvalue weighted by Crippen LogP contribution is 2.21. The van der Waals surface area contributed by atoms with Gasteiger partial charge in [0.2, 0.25) is 0 Å². The molecule has 5 heteroatoms. The Bertz CT molecular complexity index is 635. The second-order valence-electron chi connectivity index (χ2n) is 4.48. The van der Waals surface area contributed by atoms with E-state index in [-0.39, 0.29) is 11.2 Å². The molecule has 0 aliphatic heterocycles. The van der Waals surface area contributed by atoms with Crippen molar-refractivity contribution < 1.29 is 4.74 Å². The molecule has 20 heavy (non-hydrogen) atoms. The molecule has 0 saturated carbocycles. The maximum Gasteiger partial charge on any atom is 0.274 e. The van der Waals surface area contributed by atoms with Crippen LogP contribution < -0.4 is 11.3 Å². The van der Waals surface area contributed by atoms with Gasteiger partial charge in [0.1, 0.15) is 0 Å². The van der Waals surface area contributed by atoms with Crippen LogP contribution in [0.25, 0.3) is 11.3 Å². The van der Waals surface area contributed by atoms with Gasteiger partial charge in [0.25, 0.3) is 5.56 Å². The maximum atomic E-state index is 12.2. The van der Waals surface area contributed by atoms with Gasteiger partial charge in [-0.2, -0.15) is 0 Å². The Morgan fingerprint density at radius 2 is 1.90 bits per heavy atom. The maximum absolute atomic E-state index is 12.2. The van der Waals surface area contributed by atoms with E-state index in [1.165, 1.54) is 0 Å². The Balaban J connectivity index is 2.43. The summed E-state index contributed by atoms with van der Waals surface area (Å²) in [6.07, 6.45) is 0.750. The number of hydrogen-bond donors (Lipinski definition) is 1. The summed E-state index contributed by atoms with van der Waals surface area (Å²) in [5, 5.41) is 0.664. The third kappa shape index (κ3) is 3.21. The Kier molecular flexibility index (Phi) is 4.82. The minimum atomic E-state index is -0.173. The quantitative estimate of drug-likeness (QED) is 0.862. The molecule has 0 aliphatic rings. The third-order valence-corrected chi connectivity index (χ3v) is 3.33. The van der Waals surface area contributed by atoms with Crippen LogP contribution in [0, 0.1) is 0 Å². The molecule has 0 saturated heterocycles. The van der Waals surface area contributed by atoms with Gasteiger partial charge >= 0.3 is 0 Å². The summed E-state index contributed by atoms with van der Waals surface area (Å²) >= 11 is 5.89. The van der Waals surface area contributed by atoms with Crippen molar-refractivity contribution in [2.45, 2.75) is 13.0 Å². The van der Waals surface area contributed by atoms with Gasteiger partial charge in [-0.05, 0) is 36.2 Å². The van der Waals surface area contributed by atoms with E-state index in [1.807, 2.05) is 18.2 Å². The van der Waals surface area contributed by atoms with E-state index < -0.39 is 0 Å². The summed E-state index contributed by atoms with van der Waals surface area (Å²) in [7, 11) is 1.64. The molecule has 2 aromatic rings. The first kappa shape index (κ1) is 14.6. The molecule has 2 N–H and O–H groups in total. The number of benzene rings is 1. The average Bonchev–Trinajstić information content (AvgIpc) is 2.45. The molecule has 1 aromatic carbocycles. The lowest BCUT2D eigenvalue weighted by atomic mass is 10.1. The Morgan fingerprint density at radius 3 is 2.55 bits per heavy atom. The largest absolute Gasteiger partial charge is 0.394 e. The van der Waals surface area contributed by atoms with E-state index in [2.05, 4.69) is 0 Å². The zero-order valence-electron chi connectivity index (χ0n) is 11.3. The molecule has 1 heterocycles. The van der Waals surface area contributed by atoms with E-state index in [9.17, 15) is 4.79 Å². The predicted molar refractivity (Wildman–Crippen MR) is 82.1 cm³/mol. The summed E-state index contributed by atoms with van der Waals surface area (Å²) in [5.41, 5.74) is 7.55. The van der Waals surface area contributed by atoms with Gasteiger partial charge in [-0.3, -0.25) is 4.79 Å². The first-order chi connectivity index (χ1) is 9.63. The predicted octanol–water partition coefficient (Wildman–Crippen LogP) is 2.79. The van der Waals surface area contributed by atoms with Gasteiger partial charge in [0, 0.05) is 25.3 Å². The van der Waals surface area contributed by atoms with Crippen LogP contribution in [-0.2, 0) is 11.3 Å². The van der Waals surface area contributed by atoms with Gasteiger partial charge < -0.3 is 15.0 Å². The van der Waals surface area contributed by atoms with Crippen molar-refractivity contribution in [3.05, 3.63) is 51.8 Å². The van der Waals surface area contributed by atoms with Crippen LogP contribution in [-0.4, -0.2) is 18.3 Å². The van der Waals surface area contributed by atoms with Crippen molar-refractivity contribution in [3.63, 3.8) is 0 Å². The highest BCUT2D eigenvalue weighted by Gasteiger charge is 2.08. The number of methoxy groups -OCH3 is 1. The minimum absolute atomic E-state index is 0.173. The highest BCUT2D eigenvalue weighted by atomic mass is 35.5. The molecule has 4 nitrogen and oxygen atoms in total. The first-order valence-corrected chi connectivity index (χ1v) is 6.75. The number of ether oxygens (including phenoxy) is 1. The van der Waals surface area contributed by atoms with Crippen LogP contribution in [0.1, 0.15) is 6.42 Å². The number of hydrogen-bond acceptors (Lipinski definition) is 3. The van der Waals surface area contributed by atoms with Crippen molar-refractivity contribution in [1.29, 1.82) is 0 Å². The molecular weight excluding hydrogens is 276 g/mol. The normalized spacial score (nSPS) is 10.7. The fraction of sp³-hybridized carbons (Fsp3) is 0.267. The lowest BCUT2D eigenvalue weighted by Crippen LogP contribution is -2.24. The number of nitrogen functional groups attached to an aromatic ring is 1. The van der Waals surface area contributed by atoms with Crippen LogP contribution in [0.2, 0.25) is 5.02 Å². The van der Waals surface area contributed by atoms with Crippen molar-refractivity contribution in [3.8, 4) is 11.3 Å². The van der Waals surface area contributed by atoms with Gasteiger partial charge in [0.05, 0.1) is 11.4 Å². The fourth-order valence-corrected chi connectivity index (χ4v) is 2.18. The van der Waals surface area contributed by atoms with Crippen LogP contribution in [0.5, 0.6) is 0 Å². The molecule has 0 unspecified atom stereocenters. The minimum Gasteiger partial charge on any atom is -0.394 e. The highest BCUT2D eigenvalue weighted by molar-refractivity contribution is 6.30. The standard InChI is InChI=1S/C15H17ClN2O2/c1-20-10-2-9-18-14(8-7-13(17)15(18)19)11-3-5-12(16)6-4-11/h3-8H,2,9-10,17H2,1H3. The number of pyridine rings is 1. The van der Waals surface area contributed by atoms with Gasteiger partial charge in [-0.15, -0.1) is 0 Å². The van der Waals surface area contributed by atoms with Gasteiger partial charge in [0.15, 0.2) is 0 Å². The molecule has 0 atom stereocenters. The van der Waals surface area contributed by atoms with Gasteiger partial charge in [-0.1, -0.05) is 23.7 Å². The summed E-state index contributed by atoms with van der Waals surface area (Å²) in [5.74, 6) is 0. The van der Waals surface area contributed by atoms with Crippen LogP contribution in [0.3, 0.4) is 0 Å². The molecule has 0 fully saturated rings. The zero-order chi connectivity index (χ0) is 14.5. The number of rotatable bonds is 5. The number of aromatic nitrogens is 1. The van der Waals surface area contributed by atoms with E-state index in [4.69, 9.17) is 22.1 Å². The molecule has 0 bridgehead atoms. The number of anilines is 1. The summed E-state index contributed by atoms with van der Waals surface area (Å²) in [6.45, 7) is 1.16. The average molecular weight is 293 g/mol. The Hall–Kier alpha value is -1.78. The molecule has 0 amide bonds. The number of nitrogens with two attached hydrogens (primary N) is 1. The second-order valence-corrected chi connectivity index (χ2v) is 4.92. The number of nitrogens with zero attached hydrogens (tertiary/aromatic N) is 1. The van der Waals surface area contributed by atoms with E-state index in [1.54, 1.807) is 29.9 Å². The Labute approximate surface area is 122 Å². The number of halogens is 1. The lowest BCUT2D eigenvalue weighted by molar-refractivity contribution is 0.190. The topological polar surface area (TPSA) is 57.2 Å². The van der Waals surface area contributed by atoms with Crippen molar-refractivity contribution in [2.24, 2.45) is 0 Å². The molecule has 0 radical (unpaired) electrons. The third-order valence-electron chi connectivity index (χ3n) is 3.07. The molecule has 2 rings (SSSR count). The summed E-state index contributed by atoms with van der Waals surface area (Å²) in [4.78, 5) is 12.2. The molecule has 1 aromatic heterocycles. The van der Waals surface area contributed by atoms with Gasteiger partial charge in [-0.25, -0.2) is 0 Å². The van der Waals surface area contributed by atoms with Crippen LogP contribution >= 0.6 is 11.6 Å². The van der Waals surface area contributed by atoms with Crippen LogP contribution in [0.4, 0.5) is 5.69 Å². The van der Waals surface area contributed by atoms with Crippen molar-refractivity contribution >= 4 is 17.3 Å². The zero-order valence-corrected chi connectivity index (χ0v) is 12.1. The van der Waals surface area contributed by atoms with E-state index >= 15 is 0 Å². The molecular formula is C15H17ClN2O2. The fourth-order valence-electron chi connectivity index (χ4n) is 2.06. The van der Waals surface area contributed by atoms with Crippen molar-refractivity contribution in [2.75, 3.05) is 19.5 Å². The molecule has 0 aliphatic carbocycles.